The van der Waals surface area contributed by atoms with Crippen LogP contribution >= 0.6 is 15.9 Å². The molecule has 2 rings (SSSR count). The number of ether oxygens (including phenoxy) is 1. The Morgan fingerprint density at radius 3 is 2.58 bits per heavy atom. The van der Waals surface area contributed by atoms with Gasteiger partial charge in [0.05, 0.1) is 0 Å². The molecule has 0 bridgehead atoms. The Bertz CT molecular complexity index is 581. The molecule has 0 fully saturated rings. The Morgan fingerprint density at radius 1 is 1.11 bits per heavy atom. The third-order valence-electron chi connectivity index (χ3n) is 3.08. The predicted molar refractivity (Wildman–Crippen MR) is 82.3 cm³/mol. The fourth-order valence-electron chi connectivity index (χ4n) is 1.85. The maximum absolute atomic E-state index is 5.90. The standard InChI is InChI=1S/C16H18BrNO/c1-11-3-4-12(2)16(7-11)19-10-14-6-5-13(9-18)8-15(14)17/h3-8H,9-10,18H2,1-2H3. The Labute approximate surface area is 122 Å². The van der Waals surface area contributed by atoms with Gasteiger partial charge in [-0.05, 0) is 42.7 Å². The van der Waals surface area contributed by atoms with Crippen LogP contribution in [-0.2, 0) is 13.2 Å². The van der Waals surface area contributed by atoms with E-state index in [1.807, 2.05) is 12.1 Å². The molecule has 2 aromatic carbocycles. The van der Waals surface area contributed by atoms with Gasteiger partial charge in [0, 0.05) is 16.6 Å². The largest absolute Gasteiger partial charge is 0.489 e. The number of benzene rings is 2. The number of aryl methyl sites for hydroxylation is 2. The van der Waals surface area contributed by atoms with Crippen LogP contribution in [0, 0.1) is 13.8 Å². The van der Waals surface area contributed by atoms with Crippen molar-refractivity contribution in [3.8, 4) is 5.75 Å². The maximum atomic E-state index is 5.90. The zero-order valence-corrected chi connectivity index (χ0v) is 12.8. The zero-order valence-electron chi connectivity index (χ0n) is 11.2. The van der Waals surface area contributed by atoms with Crippen LogP contribution in [0.2, 0.25) is 0 Å². The summed E-state index contributed by atoms with van der Waals surface area (Å²) in [6, 6.07) is 12.4. The Hall–Kier alpha value is -1.32. The highest BCUT2D eigenvalue weighted by atomic mass is 79.9. The molecule has 2 nitrogen and oxygen atoms in total. The number of rotatable bonds is 4. The zero-order chi connectivity index (χ0) is 13.8. The molecule has 0 spiro atoms. The molecule has 0 aliphatic heterocycles. The van der Waals surface area contributed by atoms with Crippen molar-refractivity contribution in [2.75, 3.05) is 0 Å². The number of hydrogen-bond acceptors (Lipinski definition) is 2. The van der Waals surface area contributed by atoms with E-state index >= 15 is 0 Å². The molecule has 0 unspecified atom stereocenters. The minimum Gasteiger partial charge on any atom is -0.489 e. The summed E-state index contributed by atoms with van der Waals surface area (Å²) in [7, 11) is 0. The summed E-state index contributed by atoms with van der Waals surface area (Å²) in [6.07, 6.45) is 0. The van der Waals surface area contributed by atoms with Crippen LogP contribution in [-0.4, -0.2) is 0 Å². The first-order chi connectivity index (χ1) is 9.10. The number of halogens is 1. The van der Waals surface area contributed by atoms with Crippen molar-refractivity contribution in [2.45, 2.75) is 27.0 Å². The third-order valence-corrected chi connectivity index (χ3v) is 3.82. The highest BCUT2D eigenvalue weighted by molar-refractivity contribution is 9.10. The fraction of sp³-hybridized carbons (Fsp3) is 0.250. The van der Waals surface area contributed by atoms with Crippen LogP contribution in [0.3, 0.4) is 0 Å². The second-order valence-corrected chi connectivity index (χ2v) is 5.54. The summed E-state index contributed by atoms with van der Waals surface area (Å²) in [5.74, 6) is 0.940. The minimum absolute atomic E-state index is 0.551. The third kappa shape index (κ3) is 3.58. The molecule has 3 heteroatoms. The second-order valence-electron chi connectivity index (χ2n) is 4.69. The summed E-state index contributed by atoms with van der Waals surface area (Å²) in [4.78, 5) is 0. The van der Waals surface area contributed by atoms with Gasteiger partial charge in [-0.1, -0.05) is 40.2 Å². The van der Waals surface area contributed by atoms with Gasteiger partial charge in [0.15, 0.2) is 0 Å². The Kier molecular flexibility index (Phi) is 4.61. The molecule has 0 amide bonds. The molecule has 19 heavy (non-hydrogen) atoms. The van der Waals surface area contributed by atoms with Gasteiger partial charge in [-0.25, -0.2) is 0 Å². The van der Waals surface area contributed by atoms with E-state index in [0.29, 0.717) is 13.2 Å². The fourth-order valence-corrected chi connectivity index (χ4v) is 2.39. The number of nitrogens with two attached hydrogens (primary N) is 1. The molecule has 0 aromatic heterocycles. The molecular weight excluding hydrogens is 302 g/mol. The lowest BCUT2D eigenvalue weighted by molar-refractivity contribution is 0.303. The highest BCUT2D eigenvalue weighted by Crippen LogP contribution is 2.23. The van der Waals surface area contributed by atoms with Crippen LogP contribution in [0.1, 0.15) is 22.3 Å². The summed E-state index contributed by atoms with van der Waals surface area (Å²) in [6.45, 7) is 5.23. The van der Waals surface area contributed by atoms with Gasteiger partial charge in [-0.2, -0.15) is 0 Å². The van der Waals surface area contributed by atoms with E-state index in [0.717, 1.165) is 26.9 Å². The van der Waals surface area contributed by atoms with Crippen molar-refractivity contribution < 1.29 is 4.74 Å². The molecule has 0 saturated carbocycles. The van der Waals surface area contributed by atoms with Gasteiger partial charge < -0.3 is 10.5 Å². The van der Waals surface area contributed by atoms with Crippen molar-refractivity contribution in [3.05, 3.63) is 63.1 Å². The molecule has 0 atom stereocenters. The Morgan fingerprint density at radius 2 is 1.89 bits per heavy atom. The highest BCUT2D eigenvalue weighted by Gasteiger charge is 2.04. The van der Waals surface area contributed by atoms with Crippen molar-refractivity contribution >= 4 is 15.9 Å². The smallest absolute Gasteiger partial charge is 0.122 e. The van der Waals surface area contributed by atoms with Gasteiger partial charge in [-0.15, -0.1) is 0 Å². The summed E-state index contributed by atoms with van der Waals surface area (Å²) >= 11 is 3.56. The Balaban J connectivity index is 2.12. The van der Waals surface area contributed by atoms with Crippen molar-refractivity contribution in [1.29, 1.82) is 0 Å². The van der Waals surface area contributed by atoms with Crippen LogP contribution in [0.15, 0.2) is 40.9 Å². The monoisotopic (exact) mass is 319 g/mol. The maximum Gasteiger partial charge on any atom is 0.122 e. The molecule has 2 aromatic rings. The van der Waals surface area contributed by atoms with E-state index in [1.54, 1.807) is 0 Å². The van der Waals surface area contributed by atoms with E-state index in [4.69, 9.17) is 10.5 Å². The molecule has 100 valence electrons. The lowest BCUT2D eigenvalue weighted by Gasteiger charge is -2.11. The van der Waals surface area contributed by atoms with Gasteiger partial charge in [0.1, 0.15) is 12.4 Å². The minimum atomic E-state index is 0.551. The summed E-state index contributed by atoms with van der Waals surface area (Å²) < 4.78 is 6.94. The SMILES string of the molecule is Cc1ccc(C)c(OCc2ccc(CN)cc2Br)c1. The van der Waals surface area contributed by atoms with Gasteiger partial charge in [0.2, 0.25) is 0 Å². The first kappa shape index (κ1) is 14.1. The lowest BCUT2D eigenvalue weighted by Crippen LogP contribution is -2.01. The topological polar surface area (TPSA) is 35.2 Å². The van der Waals surface area contributed by atoms with Crippen molar-refractivity contribution in [3.63, 3.8) is 0 Å². The average Bonchev–Trinajstić information content (AvgIpc) is 2.40. The quantitative estimate of drug-likeness (QED) is 0.920. The van der Waals surface area contributed by atoms with Crippen LogP contribution < -0.4 is 10.5 Å². The van der Waals surface area contributed by atoms with E-state index in [9.17, 15) is 0 Å². The molecule has 0 radical (unpaired) electrons. The summed E-state index contributed by atoms with van der Waals surface area (Å²) in [5, 5.41) is 0. The van der Waals surface area contributed by atoms with E-state index in [-0.39, 0.29) is 0 Å². The molecule has 0 aliphatic rings. The van der Waals surface area contributed by atoms with E-state index < -0.39 is 0 Å². The molecule has 0 heterocycles. The normalized spacial score (nSPS) is 10.5. The molecular formula is C16H18BrNO. The predicted octanol–water partition coefficient (Wildman–Crippen LogP) is 4.10. The number of hydrogen-bond donors (Lipinski definition) is 1. The van der Waals surface area contributed by atoms with E-state index in [1.165, 1.54) is 5.56 Å². The lowest BCUT2D eigenvalue weighted by atomic mass is 10.1. The summed E-state index contributed by atoms with van der Waals surface area (Å²) in [5.41, 5.74) is 10.2. The van der Waals surface area contributed by atoms with Crippen LogP contribution in [0.4, 0.5) is 0 Å². The van der Waals surface area contributed by atoms with Gasteiger partial charge >= 0.3 is 0 Å². The first-order valence-corrected chi connectivity index (χ1v) is 7.07. The molecule has 0 saturated heterocycles. The van der Waals surface area contributed by atoms with Crippen LogP contribution in [0.25, 0.3) is 0 Å². The second kappa shape index (κ2) is 6.22. The van der Waals surface area contributed by atoms with Crippen molar-refractivity contribution in [2.24, 2.45) is 5.73 Å². The van der Waals surface area contributed by atoms with Crippen molar-refractivity contribution in [1.82, 2.24) is 0 Å². The van der Waals surface area contributed by atoms with Gasteiger partial charge in [-0.3, -0.25) is 0 Å². The molecule has 2 N–H and O–H groups in total. The molecule has 0 aliphatic carbocycles. The first-order valence-electron chi connectivity index (χ1n) is 6.27. The average molecular weight is 320 g/mol. The van der Waals surface area contributed by atoms with Gasteiger partial charge in [0.25, 0.3) is 0 Å². The van der Waals surface area contributed by atoms with Crippen LogP contribution in [0.5, 0.6) is 5.75 Å². The van der Waals surface area contributed by atoms with E-state index in [2.05, 4.69) is 54.0 Å².